The summed E-state index contributed by atoms with van der Waals surface area (Å²) in [6.45, 7) is 2.13. The molecule has 1 aliphatic rings. The van der Waals surface area contributed by atoms with Crippen LogP contribution in [0.3, 0.4) is 0 Å². The number of halogens is 1. The van der Waals surface area contributed by atoms with Crippen molar-refractivity contribution in [3.63, 3.8) is 0 Å². The van der Waals surface area contributed by atoms with Crippen molar-refractivity contribution in [1.82, 2.24) is 14.9 Å². The molecule has 1 fully saturated rings. The third-order valence-corrected chi connectivity index (χ3v) is 4.47. The molecule has 0 aliphatic carbocycles. The van der Waals surface area contributed by atoms with E-state index in [-0.39, 0.29) is 30.2 Å². The average molecular weight is 371 g/mol. The highest BCUT2D eigenvalue weighted by molar-refractivity contribution is 5.85. The molecule has 3 rings (SSSR count). The van der Waals surface area contributed by atoms with Crippen LogP contribution in [0.1, 0.15) is 18.4 Å². The number of non-ortho nitro benzene ring substituents is 1. The molecule has 0 saturated carbocycles. The van der Waals surface area contributed by atoms with Gasteiger partial charge in [0, 0.05) is 25.3 Å². The fraction of sp³-hybridized carbons (Fsp3) is 0.467. The molecule has 136 valence electrons. The van der Waals surface area contributed by atoms with Crippen molar-refractivity contribution >= 4 is 29.1 Å². The Hall–Kier alpha value is -2.23. The maximum Gasteiger partial charge on any atom is 0.314 e. The Morgan fingerprint density at radius 2 is 1.84 bits per heavy atom. The van der Waals surface area contributed by atoms with Crippen molar-refractivity contribution in [2.45, 2.75) is 19.4 Å². The Kier molecular flexibility index (Phi) is 5.93. The number of aromatic nitrogens is 2. The Bertz CT molecular complexity index is 886. The molecule has 1 saturated heterocycles. The van der Waals surface area contributed by atoms with Gasteiger partial charge in [0.2, 0.25) is 0 Å². The lowest BCUT2D eigenvalue weighted by atomic mass is 9.97. The quantitative estimate of drug-likeness (QED) is 0.413. The maximum absolute atomic E-state index is 11.6. The Morgan fingerprint density at radius 3 is 2.44 bits per heavy atom. The third kappa shape index (κ3) is 4.06. The predicted octanol–water partition coefficient (Wildman–Crippen LogP) is 0.751. The number of likely N-dealkylation sites (tertiary alicyclic amines) is 1. The normalized spacial score (nSPS) is 15.9. The first-order chi connectivity index (χ1) is 11.5. The molecular formula is C15H19ClN4O5. The van der Waals surface area contributed by atoms with E-state index in [0.29, 0.717) is 23.5 Å². The van der Waals surface area contributed by atoms with Crippen LogP contribution in [0.15, 0.2) is 21.7 Å². The lowest BCUT2D eigenvalue weighted by Crippen LogP contribution is -2.35. The van der Waals surface area contributed by atoms with Crippen LogP contribution in [0.25, 0.3) is 11.0 Å². The van der Waals surface area contributed by atoms with Gasteiger partial charge < -0.3 is 15.1 Å². The second kappa shape index (κ2) is 7.77. The van der Waals surface area contributed by atoms with Crippen molar-refractivity contribution in [1.29, 1.82) is 0 Å². The fourth-order valence-electron chi connectivity index (χ4n) is 3.08. The fourth-order valence-corrected chi connectivity index (χ4v) is 3.08. The molecule has 0 radical (unpaired) electrons. The number of hydrogen-bond acceptors (Lipinski definition) is 6. The zero-order valence-corrected chi connectivity index (χ0v) is 14.2. The number of aliphatic hydroxyl groups excluding tert-OH is 1. The average Bonchev–Trinajstić information content (AvgIpc) is 2.57. The second-order valence-corrected chi connectivity index (χ2v) is 6.09. The Morgan fingerprint density at radius 1 is 1.20 bits per heavy atom. The summed E-state index contributed by atoms with van der Waals surface area (Å²) in [5.74, 6) is 0.291. The van der Waals surface area contributed by atoms with Gasteiger partial charge in [-0.15, -0.1) is 12.4 Å². The molecule has 9 nitrogen and oxygen atoms in total. The van der Waals surface area contributed by atoms with E-state index in [9.17, 15) is 24.8 Å². The summed E-state index contributed by atoms with van der Waals surface area (Å²) in [5.41, 5.74) is -0.502. The van der Waals surface area contributed by atoms with Crippen LogP contribution < -0.4 is 11.1 Å². The molecule has 0 spiro atoms. The van der Waals surface area contributed by atoms with Crippen LogP contribution >= 0.6 is 12.4 Å². The minimum Gasteiger partial charge on any atom is -0.396 e. The van der Waals surface area contributed by atoms with Gasteiger partial charge >= 0.3 is 11.1 Å². The number of nitro benzene ring substituents is 1. The third-order valence-electron chi connectivity index (χ3n) is 4.47. The van der Waals surface area contributed by atoms with Gasteiger partial charge in [0.1, 0.15) is 0 Å². The monoisotopic (exact) mass is 370 g/mol. The number of piperidine rings is 1. The zero-order chi connectivity index (χ0) is 17.3. The lowest BCUT2D eigenvalue weighted by Gasteiger charge is -2.31. The highest BCUT2D eigenvalue weighted by Gasteiger charge is 2.21. The van der Waals surface area contributed by atoms with Gasteiger partial charge in [-0.2, -0.15) is 0 Å². The van der Waals surface area contributed by atoms with Gasteiger partial charge in [-0.05, 0) is 37.4 Å². The highest BCUT2D eigenvalue weighted by Crippen LogP contribution is 2.25. The molecule has 2 heterocycles. The maximum atomic E-state index is 11.6. The molecule has 1 aliphatic heterocycles. The first-order valence-electron chi connectivity index (χ1n) is 7.74. The van der Waals surface area contributed by atoms with Crippen LogP contribution in [0.4, 0.5) is 5.69 Å². The summed E-state index contributed by atoms with van der Waals surface area (Å²) < 4.78 is 0. The van der Waals surface area contributed by atoms with Crippen LogP contribution in [-0.4, -0.2) is 44.6 Å². The number of nitrogens with one attached hydrogen (secondary N) is 2. The van der Waals surface area contributed by atoms with Crippen molar-refractivity contribution < 1.29 is 10.0 Å². The standard InChI is InChI=1S/C15H18N4O5.ClH/c20-8-9-1-3-18(4-2-9)7-10-5-11(19(23)24)6-12-13(10)17-15(22)14(21)16-12;/h5-6,9,20H,1-4,7-8H2,(H,16,21)(H,17,22);1H. The van der Waals surface area contributed by atoms with E-state index in [1.54, 1.807) is 0 Å². The van der Waals surface area contributed by atoms with E-state index in [0.717, 1.165) is 25.9 Å². The van der Waals surface area contributed by atoms with Gasteiger partial charge in [0.05, 0.1) is 16.0 Å². The molecule has 25 heavy (non-hydrogen) atoms. The van der Waals surface area contributed by atoms with Crippen LogP contribution in [0.5, 0.6) is 0 Å². The smallest absolute Gasteiger partial charge is 0.314 e. The number of aliphatic hydroxyl groups is 1. The number of rotatable bonds is 4. The Balaban J connectivity index is 0.00000225. The predicted molar refractivity (Wildman–Crippen MR) is 94.2 cm³/mol. The largest absolute Gasteiger partial charge is 0.396 e. The molecule has 3 N–H and O–H groups in total. The van der Waals surface area contributed by atoms with Gasteiger partial charge in [-0.1, -0.05) is 0 Å². The zero-order valence-electron chi connectivity index (χ0n) is 13.4. The second-order valence-electron chi connectivity index (χ2n) is 6.09. The van der Waals surface area contributed by atoms with E-state index >= 15 is 0 Å². The van der Waals surface area contributed by atoms with E-state index in [4.69, 9.17) is 0 Å². The number of fused-ring (bicyclic) bond motifs is 1. The molecule has 0 unspecified atom stereocenters. The van der Waals surface area contributed by atoms with Gasteiger partial charge in [-0.25, -0.2) is 0 Å². The van der Waals surface area contributed by atoms with E-state index in [1.165, 1.54) is 12.1 Å². The summed E-state index contributed by atoms with van der Waals surface area (Å²) in [7, 11) is 0. The topological polar surface area (TPSA) is 132 Å². The van der Waals surface area contributed by atoms with Crippen molar-refractivity contribution in [3.05, 3.63) is 48.5 Å². The molecule has 1 aromatic heterocycles. The van der Waals surface area contributed by atoms with Gasteiger partial charge in [0.15, 0.2) is 0 Å². The summed E-state index contributed by atoms with van der Waals surface area (Å²) >= 11 is 0. The van der Waals surface area contributed by atoms with Gasteiger partial charge in [0.25, 0.3) is 5.69 Å². The first kappa shape index (κ1) is 19.1. The first-order valence-corrected chi connectivity index (χ1v) is 7.74. The van der Waals surface area contributed by atoms with Crippen LogP contribution in [0, 0.1) is 16.0 Å². The highest BCUT2D eigenvalue weighted by atomic mass is 35.5. The number of nitro groups is 1. The van der Waals surface area contributed by atoms with Crippen molar-refractivity contribution in [2.24, 2.45) is 5.92 Å². The number of benzene rings is 1. The van der Waals surface area contributed by atoms with Crippen molar-refractivity contribution in [2.75, 3.05) is 19.7 Å². The van der Waals surface area contributed by atoms with E-state index < -0.39 is 16.0 Å². The minimum absolute atomic E-state index is 0. The molecule has 1 aromatic carbocycles. The molecule has 10 heteroatoms. The van der Waals surface area contributed by atoms with E-state index in [2.05, 4.69) is 14.9 Å². The molecule has 0 bridgehead atoms. The van der Waals surface area contributed by atoms with Crippen molar-refractivity contribution in [3.8, 4) is 0 Å². The van der Waals surface area contributed by atoms with Crippen LogP contribution in [-0.2, 0) is 6.54 Å². The molecular weight excluding hydrogens is 352 g/mol. The lowest BCUT2D eigenvalue weighted by molar-refractivity contribution is -0.384. The summed E-state index contributed by atoms with van der Waals surface area (Å²) in [4.78, 5) is 40.7. The van der Waals surface area contributed by atoms with E-state index in [1.807, 2.05) is 0 Å². The molecule has 0 atom stereocenters. The van der Waals surface area contributed by atoms with Crippen LogP contribution in [0.2, 0.25) is 0 Å². The number of aromatic amines is 2. The molecule has 0 amide bonds. The number of nitrogens with zero attached hydrogens (tertiary/aromatic N) is 2. The number of H-pyrrole nitrogens is 2. The summed E-state index contributed by atoms with van der Waals surface area (Å²) in [6.07, 6.45) is 1.72. The Labute approximate surface area is 148 Å². The molecule has 2 aromatic rings. The minimum atomic E-state index is -0.835. The van der Waals surface area contributed by atoms with Gasteiger partial charge in [-0.3, -0.25) is 24.6 Å². The summed E-state index contributed by atoms with van der Waals surface area (Å²) in [6, 6.07) is 2.67. The SMILES string of the molecule is Cl.O=c1[nH]c2cc([N+](=O)[O-])cc(CN3CCC(CO)CC3)c2[nH]c1=O. The number of hydrogen-bond donors (Lipinski definition) is 3. The summed E-state index contributed by atoms with van der Waals surface area (Å²) in [5, 5.41) is 20.3.